The van der Waals surface area contributed by atoms with Gasteiger partial charge in [-0.15, -0.1) is 0 Å². The lowest BCUT2D eigenvalue weighted by molar-refractivity contribution is -0.145. The van der Waals surface area contributed by atoms with Crippen LogP contribution in [0.15, 0.2) is 6.07 Å². The van der Waals surface area contributed by atoms with Crippen LogP contribution in [-0.2, 0) is 9.53 Å². The second kappa shape index (κ2) is 7.47. The Balaban J connectivity index is 1.61. The molecule has 2 aliphatic heterocycles. The van der Waals surface area contributed by atoms with Crippen molar-refractivity contribution in [2.75, 3.05) is 37.7 Å². The lowest BCUT2D eigenvalue weighted by Crippen LogP contribution is -2.53. The molecule has 6 heteroatoms. The molecule has 2 fully saturated rings. The molecule has 0 aromatic carbocycles. The van der Waals surface area contributed by atoms with E-state index in [1.54, 1.807) is 0 Å². The van der Waals surface area contributed by atoms with Gasteiger partial charge in [-0.05, 0) is 39.2 Å². The molecule has 2 saturated heterocycles. The Hall–Kier alpha value is -1.69. The van der Waals surface area contributed by atoms with Crippen molar-refractivity contribution < 1.29 is 9.53 Å². The number of carbonyl (C=O) groups excluding carboxylic acids is 1. The number of hydrogen-bond acceptors (Lipinski definition) is 5. The fraction of sp³-hybridized carbons (Fsp3) is 0.722. The molecule has 0 aliphatic carbocycles. The van der Waals surface area contributed by atoms with E-state index in [0.29, 0.717) is 0 Å². The third-order valence-corrected chi connectivity index (χ3v) is 5.00. The van der Waals surface area contributed by atoms with Gasteiger partial charge < -0.3 is 14.5 Å². The predicted molar refractivity (Wildman–Crippen MR) is 93.1 cm³/mol. The number of aromatic nitrogens is 2. The summed E-state index contributed by atoms with van der Waals surface area (Å²) in [6.45, 7) is 9.94. The number of nitrogens with zero attached hydrogens (tertiary/aromatic N) is 4. The summed E-state index contributed by atoms with van der Waals surface area (Å²) in [7, 11) is 0. The number of anilines is 1. The maximum absolute atomic E-state index is 12.9. The quantitative estimate of drug-likeness (QED) is 0.847. The van der Waals surface area contributed by atoms with E-state index < -0.39 is 0 Å². The minimum Gasteiger partial charge on any atom is -0.377 e. The van der Waals surface area contributed by atoms with E-state index in [9.17, 15) is 4.79 Å². The highest BCUT2D eigenvalue weighted by Crippen LogP contribution is 2.26. The molecule has 132 valence electrons. The second-order valence-electron chi connectivity index (χ2n) is 6.83. The first-order valence-electron chi connectivity index (χ1n) is 9.06. The number of amides is 1. The summed E-state index contributed by atoms with van der Waals surface area (Å²) < 4.78 is 5.79. The summed E-state index contributed by atoms with van der Waals surface area (Å²) >= 11 is 0. The summed E-state index contributed by atoms with van der Waals surface area (Å²) in [5.41, 5.74) is 1.97. The lowest BCUT2D eigenvalue weighted by atomic mass is 9.91. The molecule has 0 saturated carbocycles. The van der Waals surface area contributed by atoms with E-state index in [4.69, 9.17) is 4.74 Å². The number of piperazine rings is 1. The maximum atomic E-state index is 12.9. The van der Waals surface area contributed by atoms with Crippen LogP contribution in [0.3, 0.4) is 0 Å². The molecule has 1 aromatic heterocycles. The fourth-order valence-electron chi connectivity index (χ4n) is 3.73. The van der Waals surface area contributed by atoms with Crippen LogP contribution in [0.2, 0.25) is 0 Å². The zero-order valence-electron chi connectivity index (χ0n) is 15.0. The Morgan fingerprint density at radius 2 is 1.88 bits per heavy atom. The van der Waals surface area contributed by atoms with Crippen molar-refractivity contribution in [3.05, 3.63) is 17.5 Å². The van der Waals surface area contributed by atoms with E-state index in [-0.39, 0.29) is 17.9 Å². The summed E-state index contributed by atoms with van der Waals surface area (Å²) in [4.78, 5) is 26.1. The van der Waals surface area contributed by atoms with Gasteiger partial charge >= 0.3 is 0 Å². The van der Waals surface area contributed by atoms with Crippen molar-refractivity contribution in [1.82, 2.24) is 14.9 Å². The smallest absolute Gasteiger partial charge is 0.228 e. The molecule has 3 rings (SSSR count). The van der Waals surface area contributed by atoms with Crippen LogP contribution < -0.4 is 4.90 Å². The number of carbonyl (C=O) groups is 1. The van der Waals surface area contributed by atoms with Gasteiger partial charge in [0.1, 0.15) is 0 Å². The van der Waals surface area contributed by atoms with Gasteiger partial charge in [-0.2, -0.15) is 0 Å². The van der Waals surface area contributed by atoms with E-state index in [1.165, 1.54) is 0 Å². The van der Waals surface area contributed by atoms with Gasteiger partial charge in [0.25, 0.3) is 0 Å². The molecule has 0 N–H and O–H groups in total. The first kappa shape index (κ1) is 17.1. The highest BCUT2D eigenvalue weighted by Gasteiger charge is 2.35. The van der Waals surface area contributed by atoms with Crippen LogP contribution in [0, 0.1) is 19.8 Å². The fourth-order valence-corrected chi connectivity index (χ4v) is 3.73. The van der Waals surface area contributed by atoms with Crippen LogP contribution in [0.5, 0.6) is 0 Å². The van der Waals surface area contributed by atoms with E-state index in [2.05, 4.69) is 21.8 Å². The minimum atomic E-state index is 0.0350. The van der Waals surface area contributed by atoms with E-state index in [0.717, 1.165) is 69.4 Å². The van der Waals surface area contributed by atoms with E-state index in [1.807, 2.05) is 24.8 Å². The Bertz CT molecular complexity index is 564. The topological polar surface area (TPSA) is 58.6 Å². The monoisotopic (exact) mass is 332 g/mol. The average Bonchev–Trinajstić information content (AvgIpc) is 2.60. The van der Waals surface area contributed by atoms with Gasteiger partial charge in [0, 0.05) is 44.2 Å². The molecular formula is C18H28N4O2. The van der Waals surface area contributed by atoms with Gasteiger partial charge in [0.05, 0.1) is 12.0 Å². The van der Waals surface area contributed by atoms with Crippen molar-refractivity contribution in [3.63, 3.8) is 0 Å². The number of rotatable bonds is 3. The number of aryl methyl sites for hydroxylation is 2. The summed E-state index contributed by atoms with van der Waals surface area (Å²) in [5.74, 6) is 1.09. The predicted octanol–water partition coefficient (Wildman–Crippen LogP) is 1.95. The molecule has 0 bridgehead atoms. The largest absolute Gasteiger partial charge is 0.377 e. The van der Waals surface area contributed by atoms with Crippen LogP contribution >= 0.6 is 0 Å². The molecular weight excluding hydrogens is 304 g/mol. The van der Waals surface area contributed by atoms with Crippen LogP contribution in [-0.4, -0.2) is 59.7 Å². The highest BCUT2D eigenvalue weighted by atomic mass is 16.5. The summed E-state index contributed by atoms with van der Waals surface area (Å²) in [5, 5.41) is 0. The van der Waals surface area contributed by atoms with Crippen LogP contribution in [0.25, 0.3) is 0 Å². The first-order valence-corrected chi connectivity index (χ1v) is 9.06. The SMILES string of the molecule is CC[C@H]1OCCC[C@@H]1C(=O)N1CCN(c2nc(C)cc(C)n2)CC1. The molecule has 6 nitrogen and oxygen atoms in total. The molecule has 1 amide bonds. The summed E-state index contributed by atoms with van der Waals surface area (Å²) in [6, 6.07) is 1.98. The van der Waals surface area contributed by atoms with E-state index >= 15 is 0 Å². The molecule has 24 heavy (non-hydrogen) atoms. The number of ether oxygens (including phenoxy) is 1. The Morgan fingerprint density at radius 3 is 2.50 bits per heavy atom. The second-order valence-corrected chi connectivity index (χ2v) is 6.83. The minimum absolute atomic E-state index is 0.0350. The van der Waals surface area contributed by atoms with Gasteiger partial charge in [0.2, 0.25) is 11.9 Å². The van der Waals surface area contributed by atoms with Gasteiger partial charge in [-0.1, -0.05) is 6.92 Å². The zero-order valence-corrected chi connectivity index (χ0v) is 15.0. The standard InChI is InChI=1S/C18H28N4O2/c1-4-16-15(6-5-11-24-16)17(23)21-7-9-22(10-8-21)18-19-13(2)12-14(3)20-18/h12,15-16H,4-11H2,1-3H3/t15-,16+/m0/s1. The Kier molecular flexibility index (Phi) is 5.33. The molecule has 0 spiro atoms. The first-order chi connectivity index (χ1) is 11.6. The molecule has 2 aliphatic rings. The van der Waals surface area contributed by atoms with Crippen LogP contribution in [0.1, 0.15) is 37.6 Å². The molecule has 1 aromatic rings. The van der Waals surface area contributed by atoms with Crippen molar-refractivity contribution >= 4 is 11.9 Å². The third-order valence-electron chi connectivity index (χ3n) is 5.00. The molecule has 0 unspecified atom stereocenters. The molecule has 0 radical (unpaired) electrons. The van der Waals surface area contributed by atoms with Gasteiger partial charge in [-0.25, -0.2) is 9.97 Å². The maximum Gasteiger partial charge on any atom is 0.228 e. The third kappa shape index (κ3) is 3.69. The zero-order chi connectivity index (χ0) is 17.1. The lowest BCUT2D eigenvalue weighted by Gasteiger charge is -2.39. The van der Waals surface area contributed by atoms with Crippen molar-refractivity contribution in [1.29, 1.82) is 0 Å². The molecule has 2 atom stereocenters. The van der Waals surface area contributed by atoms with Crippen molar-refractivity contribution in [3.8, 4) is 0 Å². The summed E-state index contributed by atoms with van der Waals surface area (Å²) in [6.07, 6.45) is 2.94. The Morgan fingerprint density at radius 1 is 1.21 bits per heavy atom. The highest BCUT2D eigenvalue weighted by molar-refractivity contribution is 5.79. The van der Waals surface area contributed by atoms with Gasteiger partial charge in [0.15, 0.2) is 0 Å². The van der Waals surface area contributed by atoms with Gasteiger partial charge in [-0.3, -0.25) is 4.79 Å². The Labute approximate surface area is 144 Å². The average molecular weight is 332 g/mol. The normalized spacial score (nSPS) is 25.0. The molecule has 3 heterocycles. The van der Waals surface area contributed by atoms with Crippen molar-refractivity contribution in [2.24, 2.45) is 5.92 Å². The number of hydrogen-bond donors (Lipinski definition) is 0. The van der Waals surface area contributed by atoms with Crippen molar-refractivity contribution in [2.45, 2.75) is 46.1 Å². The van der Waals surface area contributed by atoms with Crippen LogP contribution in [0.4, 0.5) is 5.95 Å².